The van der Waals surface area contributed by atoms with Crippen LogP contribution in [0.4, 0.5) is 11.5 Å². The molecule has 0 saturated heterocycles. The van der Waals surface area contributed by atoms with Crippen molar-refractivity contribution in [3.05, 3.63) is 46.6 Å². The molecule has 1 aromatic carbocycles. The highest BCUT2D eigenvalue weighted by Gasteiger charge is 2.18. The molecule has 0 aliphatic heterocycles. The zero-order chi connectivity index (χ0) is 15.4. The van der Waals surface area contributed by atoms with Gasteiger partial charge in [-0.1, -0.05) is 0 Å². The fourth-order valence-electron chi connectivity index (χ4n) is 1.82. The van der Waals surface area contributed by atoms with Gasteiger partial charge in [0.25, 0.3) is 5.91 Å². The van der Waals surface area contributed by atoms with E-state index in [1.807, 2.05) is 0 Å². The second kappa shape index (κ2) is 6.55. The van der Waals surface area contributed by atoms with Crippen molar-refractivity contribution >= 4 is 33.3 Å². The summed E-state index contributed by atoms with van der Waals surface area (Å²) < 4.78 is 5.80. The molecule has 1 heterocycles. The molecular formula is C14H15BrN4O2. The Hall–Kier alpha value is -2.12. The molecule has 0 unspecified atom stereocenters. The first-order valence-electron chi connectivity index (χ1n) is 6.11. The van der Waals surface area contributed by atoms with Crippen molar-refractivity contribution in [2.75, 3.05) is 24.5 Å². The van der Waals surface area contributed by atoms with Gasteiger partial charge in [-0.05, 0) is 46.3 Å². The number of ether oxygens (including phenoxy) is 1. The number of hydrogen-bond acceptors (Lipinski definition) is 5. The summed E-state index contributed by atoms with van der Waals surface area (Å²) >= 11 is 3.30. The maximum Gasteiger partial charge on any atom is 0.261 e. The van der Waals surface area contributed by atoms with Crippen LogP contribution < -0.4 is 20.9 Å². The zero-order valence-electron chi connectivity index (χ0n) is 11.6. The molecule has 0 fully saturated rings. The molecule has 0 radical (unpaired) electrons. The number of pyridine rings is 1. The van der Waals surface area contributed by atoms with Crippen LogP contribution in [0.5, 0.6) is 5.75 Å². The van der Waals surface area contributed by atoms with Gasteiger partial charge in [0, 0.05) is 23.4 Å². The van der Waals surface area contributed by atoms with Crippen LogP contribution in [-0.4, -0.2) is 25.0 Å². The molecule has 1 aromatic heterocycles. The number of benzene rings is 1. The normalized spacial score (nSPS) is 10.1. The molecule has 0 atom stereocenters. The van der Waals surface area contributed by atoms with Crippen LogP contribution >= 0.6 is 15.9 Å². The second-order valence-electron chi connectivity index (χ2n) is 4.26. The van der Waals surface area contributed by atoms with E-state index in [9.17, 15) is 4.79 Å². The van der Waals surface area contributed by atoms with Crippen LogP contribution in [0.1, 0.15) is 10.4 Å². The van der Waals surface area contributed by atoms with E-state index in [1.165, 1.54) is 4.90 Å². The molecule has 2 rings (SSSR count). The highest BCUT2D eigenvalue weighted by molar-refractivity contribution is 9.10. The minimum Gasteiger partial charge on any atom is -0.497 e. The van der Waals surface area contributed by atoms with Gasteiger partial charge in [-0.25, -0.2) is 10.8 Å². The van der Waals surface area contributed by atoms with Gasteiger partial charge in [-0.3, -0.25) is 4.79 Å². The van der Waals surface area contributed by atoms with Crippen LogP contribution in [0.25, 0.3) is 0 Å². The number of methoxy groups -OCH3 is 1. The number of rotatable bonds is 4. The second-order valence-corrected chi connectivity index (χ2v) is 5.17. The van der Waals surface area contributed by atoms with Crippen molar-refractivity contribution in [1.29, 1.82) is 0 Å². The standard InChI is InChI=1S/C14H15BrN4O2/c1-19(10-3-5-11(21-2)6-4-10)14(20)12-7-9(15)8-17-13(12)18-16/h3-8H,16H2,1-2H3,(H,17,18). The summed E-state index contributed by atoms with van der Waals surface area (Å²) in [7, 11) is 3.28. The van der Waals surface area contributed by atoms with Crippen molar-refractivity contribution in [2.24, 2.45) is 5.84 Å². The lowest BCUT2D eigenvalue weighted by Gasteiger charge is -2.19. The van der Waals surface area contributed by atoms with Crippen molar-refractivity contribution in [3.8, 4) is 5.75 Å². The van der Waals surface area contributed by atoms with Gasteiger partial charge in [-0.15, -0.1) is 0 Å². The predicted octanol–water partition coefficient (Wildman–Crippen LogP) is 2.41. The maximum absolute atomic E-state index is 12.6. The Bertz CT molecular complexity index is 646. The molecule has 6 nitrogen and oxygen atoms in total. The average Bonchev–Trinajstić information content (AvgIpc) is 2.53. The number of anilines is 2. The third kappa shape index (κ3) is 3.32. The molecule has 1 amide bonds. The van der Waals surface area contributed by atoms with Crippen LogP contribution in [0.2, 0.25) is 0 Å². The Labute approximate surface area is 131 Å². The summed E-state index contributed by atoms with van der Waals surface area (Å²) in [6.45, 7) is 0. The number of hydrazine groups is 1. The smallest absolute Gasteiger partial charge is 0.261 e. The van der Waals surface area contributed by atoms with Crippen LogP contribution in [-0.2, 0) is 0 Å². The van der Waals surface area contributed by atoms with Gasteiger partial charge in [0.1, 0.15) is 5.75 Å². The topological polar surface area (TPSA) is 80.5 Å². The molecular weight excluding hydrogens is 336 g/mol. The third-order valence-electron chi connectivity index (χ3n) is 2.99. The van der Waals surface area contributed by atoms with E-state index in [1.54, 1.807) is 50.7 Å². The summed E-state index contributed by atoms with van der Waals surface area (Å²) in [4.78, 5) is 18.2. The highest BCUT2D eigenvalue weighted by atomic mass is 79.9. The maximum atomic E-state index is 12.6. The summed E-state index contributed by atoms with van der Waals surface area (Å²) in [5, 5.41) is 0. The number of nitrogens with two attached hydrogens (primary N) is 1. The van der Waals surface area contributed by atoms with Gasteiger partial charge in [0.05, 0.1) is 12.7 Å². The van der Waals surface area contributed by atoms with Crippen LogP contribution in [0, 0.1) is 0 Å². The third-order valence-corrected chi connectivity index (χ3v) is 3.42. The van der Waals surface area contributed by atoms with Gasteiger partial charge in [0.2, 0.25) is 0 Å². The van der Waals surface area contributed by atoms with E-state index in [0.717, 1.165) is 11.4 Å². The van der Waals surface area contributed by atoms with Gasteiger partial charge < -0.3 is 15.1 Å². The number of carbonyl (C=O) groups is 1. The fourth-order valence-corrected chi connectivity index (χ4v) is 2.15. The van der Waals surface area contributed by atoms with Crippen molar-refractivity contribution in [1.82, 2.24) is 4.98 Å². The lowest BCUT2D eigenvalue weighted by molar-refractivity contribution is 0.0993. The first-order chi connectivity index (χ1) is 10.1. The zero-order valence-corrected chi connectivity index (χ0v) is 13.2. The highest BCUT2D eigenvalue weighted by Crippen LogP contribution is 2.23. The molecule has 0 saturated carbocycles. The molecule has 0 bridgehead atoms. The summed E-state index contributed by atoms with van der Waals surface area (Å²) in [5.74, 6) is 6.23. The first kappa shape index (κ1) is 15.3. The molecule has 21 heavy (non-hydrogen) atoms. The number of halogens is 1. The quantitative estimate of drug-likeness (QED) is 0.653. The first-order valence-corrected chi connectivity index (χ1v) is 6.90. The van der Waals surface area contributed by atoms with E-state index in [0.29, 0.717) is 15.9 Å². The van der Waals surface area contributed by atoms with Gasteiger partial charge in [0.15, 0.2) is 5.82 Å². The molecule has 3 N–H and O–H groups in total. The Morgan fingerprint density at radius 1 is 1.38 bits per heavy atom. The van der Waals surface area contributed by atoms with Crippen LogP contribution in [0.15, 0.2) is 41.0 Å². The van der Waals surface area contributed by atoms with Crippen molar-refractivity contribution in [3.63, 3.8) is 0 Å². The van der Waals surface area contributed by atoms with E-state index in [2.05, 4.69) is 26.3 Å². The van der Waals surface area contributed by atoms with E-state index in [4.69, 9.17) is 10.6 Å². The van der Waals surface area contributed by atoms with Crippen LogP contribution in [0.3, 0.4) is 0 Å². The Kier molecular flexibility index (Phi) is 4.77. The average molecular weight is 351 g/mol. The molecule has 0 aliphatic carbocycles. The Morgan fingerprint density at radius 3 is 2.62 bits per heavy atom. The van der Waals surface area contributed by atoms with Gasteiger partial charge >= 0.3 is 0 Å². The van der Waals surface area contributed by atoms with Crippen molar-refractivity contribution in [2.45, 2.75) is 0 Å². The number of nitrogen functional groups attached to an aromatic ring is 1. The number of nitrogens with zero attached hydrogens (tertiary/aromatic N) is 2. The number of hydrogen-bond donors (Lipinski definition) is 2. The molecule has 0 spiro atoms. The minimum absolute atomic E-state index is 0.220. The van der Waals surface area contributed by atoms with E-state index in [-0.39, 0.29) is 5.91 Å². The molecule has 2 aromatic rings. The lowest BCUT2D eigenvalue weighted by Crippen LogP contribution is -2.28. The monoisotopic (exact) mass is 350 g/mol. The molecule has 0 aliphatic rings. The molecule has 7 heteroatoms. The number of nitrogens with one attached hydrogen (secondary N) is 1. The van der Waals surface area contributed by atoms with Gasteiger partial charge in [-0.2, -0.15) is 0 Å². The minimum atomic E-state index is -0.220. The molecule has 110 valence electrons. The van der Waals surface area contributed by atoms with E-state index < -0.39 is 0 Å². The number of aromatic nitrogens is 1. The SMILES string of the molecule is COc1ccc(N(C)C(=O)c2cc(Br)cnc2NN)cc1. The number of amides is 1. The summed E-state index contributed by atoms with van der Waals surface area (Å²) in [6.07, 6.45) is 1.57. The predicted molar refractivity (Wildman–Crippen MR) is 85.5 cm³/mol. The number of carbonyl (C=O) groups excluding carboxylic acids is 1. The van der Waals surface area contributed by atoms with Crippen molar-refractivity contribution < 1.29 is 9.53 Å². The van der Waals surface area contributed by atoms with E-state index >= 15 is 0 Å². The lowest BCUT2D eigenvalue weighted by atomic mass is 10.2. The largest absolute Gasteiger partial charge is 0.497 e. The summed E-state index contributed by atoms with van der Waals surface area (Å²) in [5.41, 5.74) is 3.55. The fraction of sp³-hybridized carbons (Fsp3) is 0.143. The Balaban J connectivity index is 2.32. The summed E-state index contributed by atoms with van der Waals surface area (Å²) in [6, 6.07) is 8.86. The Morgan fingerprint density at radius 2 is 2.05 bits per heavy atom.